The molecule has 16 heavy (non-hydrogen) atoms. The standard InChI is InChI=1S/C14H21NO/c1-10-6-7-14(16)13(8-10)11(2)15-9-12-4-3-5-12/h6-8,11-12,15-16H,3-5,9H2,1-2H3. The smallest absolute Gasteiger partial charge is 0.120 e. The van der Waals surface area contributed by atoms with Crippen molar-refractivity contribution in [1.29, 1.82) is 0 Å². The fourth-order valence-electron chi connectivity index (χ4n) is 2.17. The van der Waals surface area contributed by atoms with Crippen molar-refractivity contribution in [3.05, 3.63) is 29.3 Å². The number of phenolic OH excluding ortho intramolecular Hbond substituents is 1. The maximum absolute atomic E-state index is 9.80. The highest BCUT2D eigenvalue weighted by atomic mass is 16.3. The van der Waals surface area contributed by atoms with Gasteiger partial charge in [0.1, 0.15) is 5.75 Å². The van der Waals surface area contributed by atoms with E-state index < -0.39 is 0 Å². The molecule has 0 radical (unpaired) electrons. The molecule has 1 saturated carbocycles. The summed E-state index contributed by atoms with van der Waals surface area (Å²) in [5.74, 6) is 1.26. The lowest BCUT2D eigenvalue weighted by Gasteiger charge is -2.27. The maximum Gasteiger partial charge on any atom is 0.120 e. The minimum absolute atomic E-state index is 0.237. The summed E-state index contributed by atoms with van der Waals surface area (Å²) in [7, 11) is 0. The number of nitrogens with one attached hydrogen (secondary N) is 1. The highest BCUT2D eigenvalue weighted by molar-refractivity contribution is 5.37. The SMILES string of the molecule is Cc1ccc(O)c(C(C)NCC2CCC2)c1. The van der Waals surface area contributed by atoms with Crippen molar-refractivity contribution in [2.75, 3.05) is 6.54 Å². The average Bonchev–Trinajstić information content (AvgIpc) is 2.19. The van der Waals surface area contributed by atoms with Crippen LogP contribution in [0.2, 0.25) is 0 Å². The van der Waals surface area contributed by atoms with Gasteiger partial charge in [0.2, 0.25) is 0 Å². The second kappa shape index (κ2) is 4.88. The zero-order valence-electron chi connectivity index (χ0n) is 10.2. The number of hydrogen-bond acceptors (Lipinski definition) is 2. The Bertz CT molecular complexity index is 358. The lowest BCUT2D eigenvalue weighted by atomic mass is 9.85. The summed E-state index contributed by atoms with van der Waals surface area (Å²) < 4.78 is 0. The Morgan fingerprint density at radius 3 is 2.81 bits per heavy atom. The Morgan fingerprint density at radius 1 is 1.44 bits per heavy atom. The van der Waals surface area contributed by atoms with Crippen molar-refractivity contribution < 1.29 is 5.11 Å². The van der Waals surface area contributed by atoms with E-state index in [9.17, 15) is 5.11 Å². The zero-order chi connectivity index (χ0) is 11.5. The fraction of sp³-hybridized carbons (Fsp3) is 0.571. The molecular formula is C14H21NO. The monoisotopic (exact) mass is 219 g/mol. The largest absolute Gasteiger partial charge is 0.508 e. The van der Waals surface area contributed by atoms with Gasteiger partial charge in [-0.1, -0.05) is 24.1 Å². The first kappa shape index (κ1) is 11.5. The van der Waals surface area contributed by atoms with Gasteiger partial charge in [-0.2, -0.15) is 0 Å². The molecule has 1 atom stereocenters. The van der Waals surface area contributed by atoms with Crippen molar-refractivity contribution in [2.24, 2.45) is 5.92 Å². The molecular weight excluding hydrogens is 198 g/mol. The Kier molecular flexibility index (Phi) is 3.49. The normalized spacial score (nSPS) is 18.1. The number of benzene rings is 1. The van der Waals surface area contributed by atoms with Crippen LogP contribution in [0.25, 0.3) is 0 Å². The summed E-state index contributed by atoms with van der Waals surface area (Å²) in [4.78, 5) is 0. The average molecular weight is 219 g/mol. The minimum Gasteiger partial charge on any atom is -0.508 e. The third-order valence-electron chi connectivity index (χ3n) is 3.59. The van der Waals surface area contributed by atoms with Crippen molar-refractivity contribution >= 4 is 0 Å². The van der Waals surface area contributed by atoms with Crippen LogP contribution in [0.1, 0.15) is 43.4 Å². The van der Waals surface area contributed by atoms with Crippen LogP contribution >= 0.6 is 0 Å². The molecule has 0 spiro atoms. The molecule has 1 fully saturated rings. The van der Waals surface area contributed by atoms with Crippen LogP contribution in [0.5, 0.6) is 5.75 Å². The Labute approximate surface area is 97.7 Å². The van der Waals surface area contributed by atoms with Crippen LogP contribution in [0.3, 0.4) is 0 Å². The Morgan fingerprint density at radius 2 is 2.19 bits per heavy atom. The van der Waals surface area contributed by atoms with E-state index in [0.29, 0.717) is 5.75 Å². The molecule has 2 nitrogen and oxygen atoms in total. The highest BCUT2D eigenvalue weighted by Crippen LogP contribution is 2.28. The summed E-state index contributed by atoms with van der Waals surface area (Å²) in [6.45, 7) is 5.25. The van der Waals surface area contributed by atoms with Crippen molar-refractivity contribution in [3.63, 3.8) is 0 Å². The van der Waals surface area contributed by atoms with Gasteiger partial charge in [0, 0.05) is 11.6 Å². The van der Waals surface area contributed by atoms with Gasteiger partial charge in [0.15, 0.2) is 0 Å². The molecule has 2 rings (SSSR count). The molecule has 0 aliphatic heterocycles. The number of aromatic hydroxyl groups is 1. The Balaban J connectivity index is 1.95. The number of phenols is 1. The fourth-order valence-corrected chi connectivity index (χ4v) is 2.17. The molecule has 2 N–H and O–H groups in total. The first-order valence-electron chi connectivity index (χ1n) is 6.19. The second-order valence-electron chi connectivity index (χ2n) is 4.99. The first-order valence-corrected chi connectivity index (χ1v) is 6.19. The molecule has 1 unspecified atom stereocenters. The molecule has 0 saturated heterocycles. The topological polar surface area (TPSA) is 32.3 Å². The van der Waals surface area contributed by atoms with Gasteiger partial charge in [-0.25, -0.2) is 0 Å². The lowest BCUT2D eigenvalue weighted by molar-refractivity contribution is 0.291. The highest BCUT2D eigenvalue weighted by Gasteiger charge is 2.18. The maximum atomic E-state index is 9.80. The van der Waals surface area contributed by atoms with Gasteiger partial charge >= 0.3 is 0 Å². The summed E-state index contributed by atoms with van der Waals surface area (Å²) in [6, 6.07) is 6.03. The van der Waals surface area contributed by atoms with Gasteiger partial charge in [-0.3, -0.25) is 0 Å². The molecule has 0 amide bonds. The molecule has 0 aromatic heterocycles. The van der Waals surface area contributed by atoms with Gasteiger partial charge in [-0.05, 0) is 45.2 Å². The van der Waals surface area contributed by atoms with Crippen molar-refractivity contribution in [2.45, 2.75) is 39.2 Å². The first-order chi connectivity index (χ1) is 7.66. The second-order valence-corrected chi connectivity index (χ2v) is 4.99. The van der Waals surface area contributed by atoms with E-state index in [1.54, 1.807) is 6.07 Å². The molecule has 1 aromatic rings. The summed E-state index contributed by atoms with van der Waals surface area (Å²) in [5.41, 5.74) is 2.21. The quantitative estimate of drug-likeness (QED) is 0.815. The Hall–Kier alpha value is -1.02. The van der Waals surface area contributed by atoms with E-state index in [1.807, 2.05) is 6.07 Å². The minimum atomic E-state index is 0.237. The number of hydrogen-bond donors (Lipinski definition) is 2. The van der Waals surface area contributed by atoms with Gasteiger partial charge < -0.3 is 10.4 Å². The zero-order valence-corrected chi connectivity index (χ0v) is 10.2. The molecule has 2 heteroatoms. The summed E-state index contributed by atoms with van der Waals surface area (Å²) in [6.07, 6.45) is 4.11. The van der Waals surface area contributed by atoms with Crippen LogP contribution in [0.15, 0.2) is 18.2 Å². The third-order valence-corrected chi connectivity index (χ3v) is 3.59. The number of rotatable bonds is 4. The van der Waals surface area contributed by atoms with Crippen LogP contribution in [-0.2, 0) is 0 Å². The van der Waals surface area contributed by atoms with Crippen LogP contribution in [0.4, 0.5) is 0 Å². The predicted molar refractivity (Wildman–Crippen MR) is 66.6 cm³/mol. The van der Waals surface area contributed by atoms with Crippen LogP contribution in [-0.4, -0.2) is 11.7 Å². The van der Waals surface area contributed by atoms with Gasteiger partial charge in [0.05, 0.1) is 0 Å². The van der Waals surface area contributed by atoms with E-state index in [0.717, 1.165) is 18.0 Å². The lowest BCUT2D eigenvalue weighted by Crippen LogP contribution is -2.29. The molecule has 0 heterocycles. The summed E-state index contributed by atoms with van der Waals surface area (Å²) >= 11 is 0. The van der Waals surface area contributed by atoms with E-state index in [-0.39, 0.29) is 6.04 Å². The van der Waals surface area contributed by atoms with E-state index in [4.69, 9.17) is 0 Å². The number of aryl methyl sites for hydroxylation is 1. The molecule has 1 aromatic carbocycles. The predicted octanol–water partition coefficient (Wildman–Crippen LogP) is 3.15. The third kappa shape index (κ3) is 2.56. The molecule has 0 bridgehead atoms. The van der Waals surface area contributed by atoms with E-state index in [1.165, 1.54) is 24.8 Å². The molecule has 88 valence electrons. The van der Waals surface area contributed by atoms with Gasteiger partial charge in [-0.15, -0.1) is 0 Å². The van der Waals surface area contributed by atoms with E-state index in [2.05, 4.69) is 25.2 Å². The van der Waals surface area contributed by atoms with Crippen LogP contribution in [0, 0.1) is 12.8 Å². The van der Waals surface area contributed by atoms with Crippen molar-refractivity contribution in [3.8, 4) is 5.75 Å². The molecule has 1 aliphatic carbocycles. The van der Waals surface area contributed by atoms with Gasteiger partial charge in [0.25, 0.3) is 0 Å². The van der Waals surface area contributed by atoms with E-state index >= 15 is 0 Å². The summed E-state index contributed by atoms with van der Waals surface area (Å²) in [5, 5.41) is 13.3. The molecule has 1 aliphatic rings. The van der Waals surface area contributed by atoms with Crippen LogP contribution < -0.4 is 5.32 Å². The van der Waals surface area contributed by atoms with Crippen molar-refractivity contribution in [1.82, 2.24) is 5.32 Å².